The first-order valence-electron chi connectivity index (χ1n) is 5.89. The van der Waals surface area contributed by atoms with Gasteiger partial charge in [0.15, 0.2) is 0 Å². The molecule has 4 nitrogen and oxygen atoms in total. The molecule has 0 saturated heterocycles. The molecule has 0 fully saturated rings. The lowest BCUT2D eigenvalue weighted by Crippen LogP contribution is -2.31. The predicted octanol–water partition coefficient (Wildman–Crippen LogP) is 2.78. The Kier molecular flexibility index (Phi) is 5.98. The molecular formula is C13H19BrN2O2. The molecule has 100 valence electrons. The highest BCUT2D eigenvalue weighted by Crippen LogP contribution is 2.26. The van der Waals surface area contributed by atoms with Gasteiger partial charge in [0.05, 0.1) is 12.8 Å². The van der Waals surface area contributed by atoms with Crippen molar-refractivity contribution in [2.45, 2.75) is 26.3 Å². The van der Waals surface area contributed by atoms with E-state index in [4.69, 9.17) is 4.74 Å². The summed E-state index contributed by atoms with van der Waals surface area (Å²) in [6, 6.07) is 5.86. The van der Waals surface area contributed by atoms with Gasteiger partial charge in [0.2, 0.25) is 5.91 Å². The monoisotopic (exact) mass is 314 g/mol. The number of hydrogen-bond acceptors (Lipinski definition) is 3. The van der Waals surface area contributed by atoms with Gasteiger partial charge < -0.3 is 15.4 Å². The van der Waals surface area contributed by atoms with E-state index < -0.39 is 0 Å². The standard InChI is InChI=1S/C13H19BrN2O2/c1-9(2)16-13(17)6-7-15-12-8-10(18-3)4-5-11(12)14/h4-5,8-9,15H,6-7H2,1-3H3,(H,16,17). The number of anilines is 1. The molecule has 0 aliphatic heterocycles. The zero-order valence-corrected chi connectivity index (χ0v) is 12.5. The molecule has 0 bridgehead atoms. The number of ether oxygens (including phenoxy) is 1. The number of hydrogen-bond donors (Lipinski definition) is 2. The summed E-state index contributed by atoms with van der Waals surface area (Å²) < 4.78 is 6.10. The van der Waals surface area contributed by atoms with Gasteiger partial charge in [-0.3, -0.25) is 4.79 Å². The highest BCUT2D eigenvalue weighted by atomic mass is 79.9. The van der Waals surface area contributed by atoms with E-state index in [1.165, 1.54) is 0 Å². The Hall–Kier alpha value is -1.23. The normalized spacial score (nSPS) is 10.3. The van der Waals surface area contributed by atoms with Crippen LogP contribution in [-0.2, 0) is 4.79 Å². The summed E-state index contributed by atoms with van der Waals surface area (Å²) in [5.74, 6) is 0.837. The van der Waals surface area contributed by atoms with Crippen LogP contribution >= 0.6 is 15.9 Å². The number of carbonyl (C=O) groups excluding carboxylic acids is 1. The van der Waals surface area contributed by atoms with Crippen molar-refractivity contribution in [2.75, 3.05) is 19.0 Å². The van der Waals surface area contributed by atoms with Crippen LogP contribution in [0.1, 0.15) is 20.3 Å². The number of rotatable bonds is 6. The van der Waals surface area contributed by atoms with Crippen molar-refractivity contribution < 1.29 is 9.53 Å². The lowest BCUT2D eigenvalue weighted by molar-refractivity contribution is -0.121. The topological polar surface area (TPSA) is 50.4 Å². The third-order valence-electron chi connectivity index (χ3n) is 2.29. The number of methoxy groups -OCH3 is 1. The number of benzene rings is 1. The highest BCUT2D eigenvalue weighted by molar-refractivity contribution is 9.10. The average molecular weight is 315 g/mol. The van der Waals surface area contributed by atoms with E-state index in [0.29, 0.717) is 13.0 Å². The molecular weight excluding hydrogens is 296 g/mol. The molecule has 18 heavy (non-hydrogen) atoms. The van der Waals surface area contributed by atoms with E-state index >= 15 is 0 Å². The van der Waals surface area contributed by atoms with Gasteiger partial charge in [-0.2, -0.15) is 0 Å². The van der Waals surface area contributed by atoms with E-state index in [2.05, 4.69) is 26.6 Å². The molecule has 0 atom stereocenters. The third-order valence-corrected chi connectivity index (χ3v) is 2.98. The molecule has 0 saturated carbocycles. The highest BCUT2D eigenvalue weighted by Gasteiger charge is 2.05. The average Bonchev–Trinajstić information content (AvgIpc) is 2.30. The van der Waals surface area contributed by atoms with E-state index in [9.17, 15) is 4.79 Å². The van der Waals surface area contributed by atoms with Gasteiger partial charge in [0.25, 0.3) is 0 Å². The molecule has 0 radical (unpaired) electrons. The minimum absolute atomic E-state index is 0.0523. The first-order valence-corrected chi connectivity index (χ1v) is 6.69. The van der Waals surface area contributed by atoms with E-state index in [1.54, 1.807) is 7.11 Å². The summed E-state index contributed by atoms with van der Waals surface area (Å²) in [5, 5.41) is 6.05. The van der Waals surface area contributed by atoms with Gasteiger partial charge in [0, 0.05) is 29.5 Å². The quantitative estimate of drug-likeness (QED) is 0.849. The van der Waals surface area contributed by atoms with Gasteiger partial charge in [0.1, 0.15) is 5.75 Å². The fraction of sp³-hybridized carbons (Fsp3) is 0.462. The lowest BCUT2D eigenvalue weighted by Gasteiger charge is -2.11. The Morgan fingerprint density at radius 1 is 1.44 bits per heavy atom. The van der Waals surface area contributed by atoms with E-state index in [0.717, 1.165) is 15.9 Å². The Morgan fingerprint density at radius 2 is 2.17 bits per heavy atom. The van der Waals surface area contributed by atoms with E-state index in [1.807, 2.05) is 32.0 Å². The van der Waals surface area contributed by atoms with Crippen molar-refractivity contribution in [3.63, 3.8) is 0 Å². The molecule has 1 aromatic rings. The van der Waals surface area contributed by atoms with Crippen molar-refractivity contribution >= 4 is 27.5 Å². The Morgan fingerprint density at radius 3 is 2.78 bits per heavy atom. The predicted molar refractivity (Wildman–Crippen MR) is 77.1 cm³/mol. The summed E-state index contributed by atoms with van der Waals surface area (Å²) in [6.45, 7) is 4.48. The third kappa shape index (κ3) is 4.96. The van der Waals surface area contributed by atoms with Crippen LogP contribution in [-0.4, -0.2) is 25.6 Å². The van der Waals surface area contributed by atoms with Crippen molar-refractivity contribution in [3.05, 3.63) is 22.7 Å². The largest absolute Gasteiger partial charge is 0.497 e. The number of carbonyl (C=O) groups is 1. The van der Waals surface area contributed by atoms with Gasteiger partial charge in [-0.05, 0) is 41.9 Å². The minimum Gasteiger partial charge on any atom is -0.497 e. The van der Waals surface area contributed by atoms with Crippen molar-refractivity contribution in [2.24, 2.45) is 0 Å². The second-order valence-electron chi connectivity index (χ2n) is 4.24. The van der Waals surface area contributed by atoms with Crippen LogP contribution in [0.15, 0.2) is 22.7 Å². The molecule has 5 heteroatoms. The number of halogens is 1. The molecule has 0 heterocycles. The zero-order chi connectivity index (χ0) is 13.5. The van der Waals surface area contributed by atoms with Gasteiger partial charge in [-0.25, -0.2) is 0 Å². The maximum atomic E-state index is 11.5. The lowest BCUT2D eigenvalue weighted by atomic mass is 10.3. The SMILES string of the molecule is COc1ccc(Br)c(NCCC(=O)NC(C)C)c1. The zero-order valence-electron chi connectivity index (χ0n) is 10.9. The van der Waals surface area contributed by atoms with Crippen molar-refractivity contribution in [1.29, 1.82) is 0 Å². The maximum absolute atomic E-state index is 11.5. The van der Waals surface area contributed by atoms with Gasteiger partial charge in [-0.1, -0.05) is 0 Å². The number of nitrogens with one attached hydrogen (secondary N) is 2. The van der Waals surface area contributed by atoms with Crippen LogP contribution in [0.25, 0.3) is 0 Å². The molecule has 2 N–H and O–H groups in total. The van der Waals surface area contributed by atoms with Gasteiger partial charge >= 0.3 is 0 Å². The van der Waals surface area contributed by atoms with Gasteiger partial charge in [-0.15, -0.1) is 0 Å². The minimum atomic E-state index is 0.0523. The molecule has 1 amide bonds. The smallest absolute Gasteiger partial charge is 0.221 e. The van der Waals surface area contributed by atoms with E-state index in [-0.39, 0.29) is 11.9 Å². The fourth-order valence-corrected chi connectivity index (χ4v) is 1.86. The van der Waals surface area contributed by atoms with Crippen LogP contribution in [0.2, 0.25) is 0 Å². The molecule has 0 spiro atoms. The van der Waals surface area contributed by atoms with Crippen molar-refractivity contribution in [3.8, 4) is 5.75 Å². The van der Waals surface area contributed by atoms with Crippen LogP contribution in [0.3, 0.4) is 0 Å². The summed E-state index contributed by atoms with van der Waals surface area (Å²) in [6.07, 6.45) is 0.446. The van der Waals surface area contributed by atoms with Crippen LogP contribution in [0.5, 0.6) is 5.75 Å². The molecule has 0 aromatic heterocycles. The molecule has 0 unspecified atom stereocenters. The summed E-state index contributed by atoms with van der Waals surface area (Å²) >= 11 is 3.45. The van der Waals surface area contributed by atoms with Crippen LogP contribution in [0, 0.1) is 0 Å². The van der Waals surface area contributed by atoms with Crippen LogP contribution < -0.4 is 15.4 Å². The first kappa shape index (κ1) is 14.8. The maximum Gasteiger partial charge on any atom is 0.221 e. The molecule has 0 aliphatic rings. The Labute approximate surface area is 116 Å². The summed E-state index contributed by atoms with van der Waals surface area (Å²) in [4.78, 5) is 11.5. The first-order chi connectivity index (χ1) is 8.52. The summed E-state index contributed by atoms with van der Waals surface area (Å²) in [5.41, 5.74) is 0.923. The molecule has 1 aromatic carbocycles. The second-order valence-corrected chi connectivity index (χ2v) is 5.10. The Balaban J connectivity index is 2.46. The molecule has 0 aliphatic carbocycles. The van der Waals surface area contributed by atoms with Crippen molar-refractivity contribution in [1.82, 2.24) is 5.32 Å². The summed E-state index contributed by atoms with van der Waals surface area (Å²) in [7, 11) is 1.63. The number of amides is 1. The fourth-order valence-electron chi connectivity index (χ4n) is 1.47. The second kappa shape index (κ2) is 7.26. The van der Waals surface area contributed by atoms with Crippen LogP contribution in [0.4, 0.5) is 5.69 Å². The molecule has 1 rings (SSSR count). The Bertz CT molecular complexity index is 408.